The largest absolute Gasteiger partial charge is 0.507 e. The fourth-order valence-corrected chi connectivity index (χ4v) is 2.07. The second-order valence-corrected chi connectivity index (χ2v) is 5.93. The molecule has 1 rings (SSSR count). The summed E-state index contributed by atoms with van der Waals surface area (Å²) in [6, 6.07) is 1.18. The third kappa shape index (κ3) is 4.00. The molecule has 0 aliphatic carbocycles. The summed E-state index contributed by atoms with van der Waals surface area (Å²) in [7, 11) is 0. The average Bonchev–Trinajstić information content (AvgIpc) is 2.29. The van der Waals surface area contributed by atoms with E-state index >= 15 is 0 Å². The first-order chi connectivity index (χ1) is 8.50. The lowest BCUT2D eigenvalue weighted by atomic mass is 9.81. The van der Waals surface area contributed by atoms with Crippen LogP contribution in [0.2, 0.25) is 0 Å². The molecular weight excluding hydrogens is 362 g/mol. The van der Waals surface area contributed by atoms with Gasteiger partial charge in [-0.05, 0) is 12.1 Å². The van der Waals surface area contributed by atoms with E-state index in [1.165, 1.54) is 6.07 Å². The Bertz CT molecular complexity index is 481. The normalized spacial score (nSPS) is 13.8. The Hall–Kier alpha value is -0.500. The number of hydrogen-bond acceptors (Lipinski definition) is 3. The number of aliphatic hydroxyl groups excluding tert-OH is 1. The number of hydrogen-bond donors (Lipinski definition) is 3. The summed E-state index contributed by atoms with van der Waals surface area (Å²) in [4.78, 5) is 0. The van der Waals surface area contributed by atoms with E-state index in [2.05, 4.69) is 15.9 Å². The van der Waals surface area contributed by atoms with Gasteiger partial charge in [-0.3, -0.25) is 0 Å². The molecule has 0 radical (unpaired) electrons. The quantitative estimate of drug-likeness (QED) is 0.753. The number of aliphatic hydroxyl groups is 1. The third-order valence-electron chi connectivity index (χ3n) is 2.99. The van der Waals surface area contributed by atoms with Crippen LogP contribution in [0.5, 0.6) is 5.75 Å². The van der Waals surface area contributed by atoms with Gasteiger partial charge in [-0.2, -0.15) is 13.2 Å². The summed E-state index contributed by atoms with van der Waals surface area (Å²) in [6.07, 6.45) is -4.67. The lowest BCUT2D eigenvalue weighted by Gasteiger charge is -2.31. The van der Waals surface area contributed by atoms with Gasteiger partial charge >= 0.3 is 6.18 Å². The third-order valence-corrected chi connectivity index (χ3v) is 3.45. The molecule has 1 aromatic rings. The van der Waals surface area contributed by atoms with Crippen molar-refractivity contribution >= 4 is 28.3 Å². The van der Waals surface area contributed by atoms with Gasteiger partial charge in [0.2, 0.25) is 0 Å². The van der Waals surface area contributed by atoms with Crippen molar-refractivity contribution in [2.75, 3.05) is 6.61 Å². The molecule has 0 bridgehead atoms. The van der Waals surface area contributed by atoms with E-state index in [1.807, 2.05) is 0 Å². The molecule has 0 amide bonds. The van der Waals surface area contributed by atoms with E-state index in [-0.39, 0.29) is 29.1 Å². The maximum absolute atomic E-state index is 12.8. The molecule has 3 nitrogen and oxygen atoms in total. The average molecular weight is 379 g/mol. The lowest BCUT2D eigenvalue weighted by molar-refractivity contribution is -0.138. The molecular formula is C12H16BrClF3NO2. The number of benzene rings is 1. The van der Waals surface area contributed by atoms with Crippen molar-refractivity contribution in [2.24, 2.45) is 11.1 Å². The molecule has 0 aliphatic rings. The van der Waals surface area contributed by atoms with Gasteiger partial charge in [0, 0.05) is 28.1 Å². The van der Waals surface area contributed by atoms with E-state index in [9.17, 15) is 23.4 Å². The Morgan fingerprint density at radius 3 is 2.20 bits per heavy atom. The topological polar surface area (TPSA) is 66.5 Å². The second kappa shape index (κ2) is 6.51. The van der Waals surface area contributed by atoms with Gasteiger partial charge in [0.05, 0.1) is 5.56 Å². The molecule has 0 saturated heterocycles. The van der Waals surface area contributed by atoms with Crippen LogP contribution < -0.4 is 5.73 Å². The minimum absolute atomic E-state index is 0. The Labute approximate surface area is 129 Å². The first-order valence-corrected chi connectivity index (χ1v) is 6.26. The van der Waals surface area contributed by atoms with Gasteiger partial charge in [-0.1, -0.05) is 29.8 Å². The molecule has 20 heavy (non-hydrogen) atoms. The molecule has 0 saturated carbocycles. The number of phenols is 1. The van der Waals surface area contributed by atoms with Gasteiger partial charge in [0.15, 0.2) is 0 Å². The lowest BCUT2D eigenvalue weighted by Crippen LogP contribution is -2.32. The number of phenolic OH excluding ortho intramolecular Hbond substituents is 1. The maximum atomic E-state index is 12.8. The molecule has 1 aromatic carbocycles. The number of alkyl halides is 3. The van der Waals surface area contributed by atoms with Gasteiger partial charge in [0.25, 0.3) is 0 Å². The smallest absolute Gasteiger partial charge is 0.420 e. The zero-order valence-electron chi connectivity index (χ0n) is 10.8. The highest BCUT2D eigenvalue weighted by molar-refractivity contribution is 9.10. The predicted octanol–water partition coefficient (Wildman–Crippen LogP) is 3.61. The van der Waals surface area contributed by atoms with E-state index < -0.39 is 28.9 Å². The van der Waals surface area contributed by atoms with Crippen LogP contribution in [0.1, 0.15) is 31.0 Å². The highest BCUT2D eigenvalue weighted by Gasteiger charge is 2.38. The molecule has 0 spiro atoms. The van der Waals surface area contributed by atoms with Crippen LogP contribution in [0, 0.1) is 5.41 Å². The predicted molar refractivity (Wildman–Crippen MR) is 75.9 cm³/mol. The van der Waals surface area contributed by atoms with Gasteiger partial charge in [0.1, 0.15) is 5.75 Å². The van der Waals surface area contributed by atoms with Crippen LogP contribution >= 0.6 is 28.3 Å². The summed E-state index contributed by atoms with van der Waals surface area (Å²) in [5.74, 6) is -0.898. The fraction of sp³-hybridized carbons (Fsp3) is 0.500. The van der Waals surface area contributed by atoms with Gasteiger partial charge in [-0.15, -0.1) is 12.4 Å². The molecule has 8 heteroatoms. The van der Waals surface area contributed by atoms with Gasteiger partial charge in [-0.25, -0.2) is 0 Å². The standard InChI is InChI=1S/C12H15BrF3NO2.ClH/c1-11(2,5-18)10(17)7-3-6(13)4-8(9(7)19)12(14,15)16;/h3-4,10,18-19H,5,17H2,1-2H3;1H/t10-;/m0./s1. The minimum atomic E-state index is -4.67. The van der Waals surface area contributed by atoms with Crippen LogP contribution in [0.25, 0.3) is 0 Å². The van der Waals surface area contributed by atoms with Crippen molar-refractivity contribution in [3.05, 3.63) is 27.7 Å². The fourth-order valence-electron chi connectivity index (χ4n) is 1.59. The van der Waals surface area contributed by atoms with E-state index in [1.54, 1.807) is 13.8 Å². The highest BCUT2D eigenvalue weighted by Crippen LogP contribution is 2.44. The van der Waals surface area contributed by atoms with Gasteiger partial charge < -0.3 is 15.9 Å². The van der Waals surface area contributed by atoms with E-state index in [0.29, 0.717) is 0 Å². The monoisotopic (exact) mass is 377 g/mol. The molecule has 0 aromatic heterocycles. The molecule has 0 fully saturated rings. The van der Waals surface area contributed by atoms with Crippen LogP contribution in [-0.4, -0.2) is 16.8 Å². The maximum Gasteiger partial charge on any atom is 0.420 e. The van der Waals surface area contributed by atoms with Crippen LogP contribution in [0.3, 0.4) is 0 Å². The molecule has 0 aliphatic heterocycles. The summed E-state index contributed by atoms with van der Waals surface area (Å²) < 4.78 is 38.5. The first kappa shape index (κ1) is 19.5. The van der Waals surface area contributed by atoms with Crippen molar-refractivity contribution in [3.63, 3.8) is 0 Å². The summed E-state index contributed by atoms with van der Waals surface area (Å²) in [6.45, 7) is 2.89. The van der Waals surface area contributed by atoms with E-state index in [4.69, 9.17) is 5.73 Å². The van der Waals surface area contributed by atoms with E-state index in [0.717, 1.165) is 6.07 Å². The Morgan fingerprint density at radius 2 is 1.80 bits per heavy atom. The molecule has 0 heterocycles. The number of rotatable bonds is 3. The number of aromatic hydroxyl groups is 1. The molecule has 1 atom stereocenters. The molecule has 4 N–H and O–H groups in total. The number of nitrogens with two attached hydrogens (primary N) is 1. The summed E-state index contributed by atoms with van der Waals surface area (Å²) >= 11 is 2.97. The Balaban J connectivity index is 0.00000361. The van der Waals surface area contributed by atoms with Crippen molar-refractivity contribution in [3.8, 4) is 5.75 Å². The van der Waals surface area contributed by atoms with Crippen LogP contribution in [0.15, 0.2) is 16.6 Å². The minimum Gasteiger partial charge on any atom is -0.507 e. The summed E-state index contributed by atoms with van der Waals surface area (Å²) in [5.41, 5.74) is 3.79. The zero-order valence-corrected chi connectivity index (χ0v) is 13.2. The van der Waals surface area contributed by atoms with Crippen molar-refractivity contribution in [1.29, 1.82) is 0 Å². The van der Waals surface area contributed by atoms with Crippen molar-refractivity contribution in [2.45, 2.75) is 26.1 Å². The van der Waals surface area contributed by atoms with Crippen molar-refractivity contribution < 1.29 is 23.4 Å². The Kier molecular flexibility index (Phi) is 6.35. The zero-order chi connectivity index (χ0) is 15.0. The molecule has 0 unspecified atom stereocenters. The van der Waals surface area contributed by atoms with Crippen LogP contribution in [0.4, 0.5) is 13.2 Å². The SMILES string of the molecule is CC(C)(CO)[C@@H](N)c1cc(Br)cc(C(F)(F)F)c1O.Cl. The number of halogens is 5. The highest BCUT2D eigenvalue weighted by atomic mass is 79.9. The van der Waals surface area contributed by atoms with Crippen LogP contribution in [-0.2, 0) is 6.18 Å². The second-order valence-electron chi connectivity index (χ2n) is 5.01. The Morgan fingerprint density at radius 1 is 1.30 bits per heavy atom. The molecule has 116 valence electrons. The van der Waals surface area contributed by atoms with Crippen molar-refractivity contribution in [1.82, 2.24) is 0 Å². The first-order valence-electron chi connectivity index (χ1n) is 5.46. The summed E-state index contributed by atoms with van der Waals surface area (Å²) in [5, 5.41) is 19.0.